The van der Waals surface area contributed by atoms with Gasteiger partial charge >= 0.3 is 0 Å². The van der Waals surface area contributed by atoms with Crippen molar-refractivity contribution in [2.24, 2.45) is 0 Å². The predicted octanol–water partition coefficient (Wildman–Crippen LogP) is 4.23. The maximum atomic E-state index is 12.4. The summed E-state index contributed by atoms with van der Waals surface area (Å²) in [6.07, 6.45) is 4.51. The third-order valence-corrected chi connectivity index (χ3v) is 4.90. The number of carbonyl (C=O) groups is 2. The fraction of sp³-hybridized carbons (Fsp3) is 0.391. The first kappa shape index (κ1) is 19.9. The summed E-state index contributed by atoms with van der Waals surface area (Å²) in [4.78, 5) is 26.5. The normalized spacial score (nSPS) is 13.1. The number of aryl methyl sites for hydroxylation is 1. The van der Waals surface area contributed by atoms with Crippen molar-refractivity contribution in [3.63, 3.8) is 0 Å². The van der Waals surface area contributed by atoms with Gasteiger partial charge in [0.15, 0.2) is 6.61 Å². The molecule has 1 heterocycles. The number of ether oxygens (including phenoxy) is 1. The summed E-state index contributed by atoms with van der Waals surface area (Å²) in [5, 5.41) is 2.98. The molecule has 0 spiro atoms. The first-order valence-electron chi connectivity index (χ1n) is 9.99. The summed E-state index contributed by atoms with van der Waals surface area (Å²) in [6.45, 7) is 5.31. The van der Waals surface area contributed by atoms with Crippen LogP contribution in [0.5, 0.6) is 5.75 Å². The van der Waals surface area contributed by atoms with Gasteiger partial charge in [0.05, 0.1) is 12.2 Å². The Bertz CT molecular complexity index is 847. The zero-order valence-corrected chi connectivity index (χ0v) is 16.7. The number of hydrogen-bond donors (Lipinski definition) is 1. The molecule has 1 N–H and O–H groups in total. The quantitative estimate of drug-likeness (QED) is 0.697. The van der Waals surface area contributed by atoms with Crippen LogP contribution >= 0.6 is 0 Å². The molecule has 0 radical (unpaired) electrons. The molecule has 148 valence electrons. The van der Waals surface area contributed by atoms with Crippen molar-refractivity contribution in [2.45, 2.75) is 46.1 Å². The van der Waals surface area contributed by atoms with Crippen LogP contribution < -0.4 is 15.0 Å². The molecule has 0 aromatic heterocycles. The van der Waals surface area contributed by atoms with Gasteiger partial charge in [-0.15, -0.1) is 0 Å². The second kappa shape index (κ2) is 9.40. The number of amides is 2. The first-order valence-corrected chi connectivity index (χ1v) is 9.99. The Morgan fingerprint density at radius 2 is 2.00 bits per heavy atom. The molecule has 0 fully saturated rings. The van der Waals surface area contributed by atoms with E-state index in [9.17, 15) is 9.59 Å². The van der Waals surface area contributed by atoms with E-state index < -0.39 is 0 Å². The molecule has 0 saturated carbocycles. The number of benzene rings is 2. The van der Waals surface area contributed by atoms with Crippen LogP contribution in [0.3, 0.4) is 0 Å². The van der Waals surface area contributed by atoms with E-state index in [4.69, 9.17) is 4.74 Å². The molecule has 2 amide bonds. The molecule has 2 aromatic carbocycles. The summed E-state index contributed by atoms with van der Waals surface area (Å²) in [7, 11) is 0. The molecular formula is C23H28N2O3. The summed E-state index contributed by atoms with van der Waals surface area (Å²) in [6, 6.07) is 13.3. The Morgan fingerprint density at radius 1 is 1.14 bits per heavy atom. The second-order valence-corrected chi connectivity index (χ2v) is 7.26. The molecule has 1 aliphatic rings. The van der Waals surface area contributed by atoms with Crippen molar-refractivity contribution in [3.05, 3.63) is 59.2 Å². The van der Waals surface area contributed by atoms with Crippen LogP contribution in [0, 0.1) is 6.92 Å². The van der Waals surface area contributed by atoms with E-state index in [0.29, 0.717) is 18.7 Å². The lowest BCUT2D eigenvalue weighted by molar-refractivity contribution is -0.121. The van der Waals surface area contributed by atoms with E-state index in [-0.39, 0.29) is 18.4 Å². The van der Waals surface area contributed by atoms with E-state index in [1.54, 1.807) is 4.90 Å². The first-order chi connectivity index (χ1) is 13.6. The van der Waals surface area contributed by atoms with Gasteiger partial charge in [0, 0.05) is 12.1 Å². The van der Waals surface area contributed by atoms with E-state index in [1.807, 2.05) is 49.4 Å². The Labute approximate surface area is 166 Å². The fourth-order valence-electron chi connectivity index (χ4n) is 3.33. The van der Waals surface area contributed by atoms with Gasteiger partial charge in [-0.05, 0) is 48.7 Å². The van der Waals surface area contributed by atoms with Gasteiger partial charge in [-0.2, -0.15) is 0 Å². The van der Waals surface area contributed by atoms with Crippen molar-refractivity contribution >= 4 is 17.5 Å². The third kappa shape index (κ3) is 4.91. The third-order valence-electron chi connectivity index (χ3n) is 4.90. The van der Waals surface area contributed by atoms with Gasteiger partial charge in [-0.1, -0.05) is 44.4 Å². The van der Waals surface area contributed by atoms with E-state index in [2.05, 4.69) is 12.2 Å². The van der Waals surface area contributed by atoms with E-state index >= 15 is 0 Å². The smallest absolute Gasteiger partial charge is 0.265 e. The van der Waals surface area contributed by atoms with Gasteiger partial charge in [0.25, 0.3) is 11.8 Å². The predicted molar refractivity (Wildman–Crippen MR) is 111 cm³/mol. The molecule has 5 nitrogen and oxygen atoms in total. The average molecular weight is 380 g/mol. The maximum absolute atomic E-state index is 12.4. The lowest BCUT2D eigenvalue weighted by atomic mass is 10.1. The zero-order valence-electron chi connectivity index (χ0n) is 16.7. The number of hydrogen-bond acceptors (Lipinski definition) is 3. The van der Waals surface area contributed by atoms with Crippen LogP contribution in [0.2, 0.25) is 0 Å². The van der Waals surface area contributed by atoms with Gasteiger partial charge in [-0.3, -0.25) is 9.59 Å². The number of rotatable bonds is 8. The standard InChI is InChI=1S/C23H28N2O3/c1-3-4-5-6-12-24-23(27)19-9-7-8-18(14-19)15-25-20-11-10-17(2)13-21(20)28-16-22(25)26/h7-11,13-14H,3-6,12,15-16H2,1-2H3,(H,24,27). The zero-order chi connectivity index (χ0) is 19.9. The van der Waals surface area contributed by atoms with E-state index in [1.165, 1.54) is 12.8 Å². The van der Waals surface area contributed by atoms with Crippen LogP contribution in [-0.4, -0.2) is 25.0 Å². The highest BCUT2D eigenvalue weighted by molar-refractivity contribution is 5.98. The number of fused-ring (bicyclic) bond motifs is 1. The maximum Gasteiger partial charge on any atom is 0.265 e. The van der Waals surface area contributed by atoms with Crippen molar-refractivity contribution in [1.29, 1.82) is 0 Å². The molecule has 0 unspecified atom stereocenters. The topological polar surface area (TPSA) is 58.6 Å². The molecule has 3 rings (SSSR count). The number of unbranched alkanes of at least 4 members (excludes halogenated alkanes) is 3. The molecule has 0 atom stereocenters. The fourth-order valence-corrected chi connectivity index (χ4v) is 3.33. The second-order valence-electron chi connectivity index (χ2n) is 7.26. The molecule has 2 aromatic rings. The van der Waals surface area contributed by atoms with Crippen LogP contribution in [0.25, 0.3) is 0 Å². The highest BCUT2D eigenvalue weighted by Crippen LogP contribution is 2.33. The number of carbonyl (C=O) groups excluding carboxylic acids is 2. The van der Waals surface area contributed by atoms with Gasteiger partial charge in [0.2, 0.25) is 0 Å². The molecule has 0 aliphatic carbocycles. The highest BCUT2D eigenvalue weighted by atomic mass is 16.5. The molecule has 0 bridgehead atoms. The molecular weight excluding hydrogens is 352 g/mol. The lowest BCUT2D eigenvalue weighted by Gasteiger charge is -2.29. The summed E-state index contributed by atoms with van der Waals surface area (Å²) >= 11 is 0. The lowest BCUT2D eigenvalue weighted by Crippen LogP contribution is -2.38. The van der Waals surface area contributed by atoms with Crippen molar-refractivity contribution in [2.75, 3.05) is 18.1 Å². The minimum atomic E-state index is -0.0814. The van der Waals surface area contributed by atoms with Crippen molar-refractivity contribution in [3.8, 4) is 5.75 Å². The van der Waals surface area contributed by atoms with Gasteiger partial charge in [0.1, 0.15) is 5.75 Å². The SMILES string of the molecule is CCCCCCNC(=O)c1cccc(CN2C(=O)COc3cc(C)ccc32)c1. The van der Waals surface area contributed by atoms with Crippen LogP contribution in [0.4, 0.5) is 5.69 Å². The Morgan fingerprint density at radius 3 is 2.82 bits per heavy atom. The highest BCUT2D eigenvalue weighted by Gasteiger charge is 2.25. The van der Waals surface area contributed by atoms with Crippen LogP contribution in [0.15, 0.2) is 42.5 Å². The number of nitrogens with zero attached hydrogens (tertiary/aromatic N) is 1. The molecule has 1 aliphatic heterocycles. The summed E-state index contributed by atoms with van der Waals surface area (Å²) in [5.74, 6) is 0.574. The monoisotopic (exact) mass is 380 g/mol. The minimum Gasteiger partial charge on any atom is -0.482 e. The number of anilines is 1. The largest absolute Gasteiger partial charge is 0.482 e. The Hall–Kier alpha value is -2.82. The molecule has 0 saturated heterocycles. The molecule has 5 heteroatoms. The van der Waals surface area contributed by atoms with E-state index in [0.717, 1.165) is 35.4 Å². The van der Waals surface area contributed by atoms with Crippen LogP contribution in [0.1, 0.15) is 54.1 Å². The van der Waals surface area contributed by atoms with Gasteiger partial charge < -0.3 is 15.0 Å². The minimum absolute atomic E-state index is 0.0361. The summed E-state index contributed by atoms with van der Waals surface area (Å²) < 4.78 is 5.56. The molecule has 28 heavy (non-hydrogen) atoms. The Kier molecular flexibility index (Phi) is 6.69. The number of nitrogens with one attached hydrogen (secondary N) is 1. The van der Waals surface area contributed by atoms with Crippen molar-refractivity contribution < 1.29 is 14.3 Å². The van der Waals surface area contributed by atoms with Crippen molar-refractivity contribution in [1.82, 2.24) is 5.32 Å². The Balaban J connectivity index is 1.68. The summed E-state index contributed by atoms with van der Waals surface area (Å²) in [5.41, 5.74) is 3.40. The van der Waals surface area contributed by atoms with Gasteiger partial charge in [-0.25, -0.2) is 0 Å². The van der Waals surface area contributed by atoms with Crippen LogP contribution in [-0.2, 0) is 11.3 Å². The average Bonchev–Trinajstić information content (AvgIpc) is 2.70.